The molecule has 1 atom stereocenters. The molecule has 0 bridgehead atoms. The molecule has 1 aromatic heterocycles. The molecule has 1 fully saturated rings. The van der Waals surface area contributed by atoms with Gasteiger partial charge in [0.15, 0.2) is 0 Å². The third-order valence-electron chi connectivity index (χ3n) is 3.81. The third kappa shape index (κ3) is 3.33. The summed E-state index contributed by atoms with van der Waals surface area (Å²) in [5.74, 6) is 0. The van der Waals surface area contributed by atoms with Gasteiger partial charge in [-0.25, -0.2) is 0 Å². The van der Waals surface area contributed by atoms with Crippen molar-refractivity contribution < 1.29 is 0 Å². The van der Waals surface area contributed by atoms with Gasteiger partial charge < -0.3 is 5.32 Å². The first-order chi connectivity index (χ1) is 8.72. The van der Waals surface area contributed by atoms with Gasteiger partial charge in [0.2, 0.25) is 0 Å². The van der Waals surface area contributed by atoms with Crippen LogP contribution in [-0.4, -0.2) is 40.4 Å². The summed E-state index contributed by atoms with van der Waals surface area (Å²) in [6, 6.07) is 0.687. The summed E-state index contributed by atoms with van der Waals surface area (Å²) in [4.78, 5) is 2.53. The summed E-state index contributed by atoms with van der Waals surface area (Å²) < 4.78 is 1.94. The van der Waals surface area contributed by atoms with Crippen LogP contribution in [-0.2, 0) is 20.0 Å². The molecule has 0 aromatic carbocycles. The number of aryl methyl sites for hydroxylation is 2. The Hall–Kier alpha value is -0.870. The van der Waals surface area contributed by atoms with Crippen molar-refractivity contribution in [2.45, 2.75) is 45.7 Å². The SMILES string of the molecule is CCc1nn(C)cc1CN(CC)CC1CCCN1. The largest absolute Gasteiger partial charge is 0.313 e. The molecule has 102 valence electrons. The summed E-state index contributed by atoms with van der Waals surface area (Å²) in [7, 11) is 2.01. The van der Waals surface area contributed by atoms with Crippen LogP contribution < -0.4 is 5.32 Å². The quantitative estimate of drug-likeness (QED) is 0.831. The minimum atomic E-state index is 0.687. The van der Waals surface area contributed by atoms with E-state index >= 15 is 0 Å². The second-order valence-corrected chi connectivity index (χ2v) is 5.25. The highest BCUT2D eigenvalue weighted by Crippen LogP contribution is 2.13. The van der Waals surface area contributed by atoms with E-state index < -0.39 is 0 Å². The fraction of sp³-hybridized carbons (Fsp3) is 0.786. The summed E-state index contributed by atoms with van der Waals surface area (Å²) >= 11 is 0. The molecule has 2 rings (SSSR count). The first-order valence-corrected chi connectivity index (χ1v) is 7.20. The van der Waals surface area contributed by atoms with Gasteiger partial charge in [0.05, 0.1) is 5.69 Å². The fourth-order valence-electron chi connectivity index (χ4n) is 2.78. The van der Waals surface area contributed by atoms with E-state index in [0.717, 1.165) is 26.1 Å². The lowest BCUT2D eigenvalue weighted by molar-refractivity contribution is 0.253. The van der Waals surface area contributed by atoms with Crippen molar-refractivity contribution in [1.82, 2.24) is 20.0 Å². The van der Waals surface area contributed by atoms with E-state index in [4.69, 9.17) is 0 Å². The lowest BCUT2D eigenvalue weighted by Gasteiger charge is -2.24. The second-order valence-electron chi connectivity index (χ2n) is 5.25. The van der Waals surface area contributed by atoms with Crippen molar-refractivity contribution in [3.63, 3.8) is 0 Å². The van der Waals surface area contributed by atoms with Crippen molar-refractivity contribution in [3.05, 3.63) is 17.5 Å². The first kappa shape index (κ1) is 13.6. The molecule has 0 saturated carbocycles. The molecule has 1 N–H and O–H groups in total. The highest BCUT2D eigenvalue weighted by molar-refractivity contribution is 5.16. The average molecular weight is 250 g/mol. The second kappa shape index (κ2) is 6.34. The summed E-state index contributed by atoms with van der Waals surface area (Å²) in [6.07, 6.45) is 5.85. The van der Waals surface area contributed by atoms with E-state index in [0.29, 0.717) is 6.04 Å². The number of nitrogens with zero attached hydrogens (tertiary/aromatic N) is 3. The molecule has 18 heavy (non-hydrogen) atoms. The van der Waals surface area contributed by atoms with E-state index in [1.165, 1.54) is 30.6 Å². The van der Waals surface area contributed by atoms with Gasteiger partial charge >= 0.3 is 0 Å². The van der Waals surface area contributed by atoms with E-state index in [9.17, 15) is 0 Å². The molecule has 4 heteroatoms. The maximum absolute atomic E-state index is 4.52. The van der Waals surface area contributed by atoms with Crippen LogP contribution in [0.3, 0.4) is 0 Å². The maximum Gasteiger partial charge on any atom is 0.0666 e. The molecule has 1 unspecified atom stereocenters. The topological polar surface area (TPSA) is 33.1 Å². The summed E-state index contributed by atoms with van der Waals surface area (Å²) in [6.45, 7) is 8.92. The highest BCUT2D eigenvalue weighted by Gasteiger charge is 2.18. The molecule has 0 amide bonds. The van der Waals surface area contributed by atoms with Gasteiger partial charge in [-0.1, -0.05) is 13.8 Å². The van der Waals surface area contributed by atoms with Gasteiger partial charge in [-0.05, 0) is 32.4 Å². The zero-order valence-corrected chi connectivity index (χ0v) is 11.9. The summed E-state index contributed by atoms with van der Waals surface area (Å²) in [5.41, 5.74) is 2.63. The first-order valence-electron chi connectivity index (χ1n) is 7.20. The number of nitrogens with one attached hydrogen (secondary N) is 1. The molecule has 2 heterocycles. The zero-order chi connectivity index (χ0) is 13.0. The van der Waals surface area contributed by atoms with Crippen LogP contribution in [0, 0.1) is 0 Å². The van der Waals surface area contributed by atoms with E-state index in [1.807, 2.05) is 11.7 Å². The molecule has 1 aliphatic heterocycles. The predicted octanol–water partition coefficient (Wildman–Crippen LogP) is 1.56. The normalized spacial score (nSPS) is 19.9. The third-order valence-corrected chi connectivity index (χ3v) is 3.81. The van der Waals surface area contributed by atoms with E-state index in [1.54, 1.807) is 0 Å². The Balaban J connectivity index is 1.95. The van der Waals surface area contributed by atoms with Crippen molar-refractivity contribution >= 4 is 0 Å². The minimum Gasteiger partial charge on any atom is -0.313 e. The van der Waals surface area contributed by atoms with Crippen molar-refractivity contribution in [2.24, 2.45) is 7.05 Å². The van der Waals surface area contributed by atoms with Gasteiger partial charge in [0.25, 0.3) is 0 Å². The Morgan fingerprint density at radius 2 is 2.33 bits per heavy atom. The Morgan fingerprint density at radius 3 is 2.94 bits per heavy atom. The van der Waals surface area contributed by atoms with Crippen molar-refractivity contribution in [2.75, 3.05) is 19.6 Å². The number of rotatable bonds is 6. The molecule has 0 aliphatic carbocycles. The molecule has 1 saturated heterocycles. The predicted molar refractivity (Wildman–Crippen MR) is 74.6 cm³/mol. The number of hydrogen-bond donors (Lipinski definition) is 1. The fourth-order valence-corrected chi connectivity index (χ4v) is 2.78. The lowest BCUT2D eigenvalue weighted by Crippen LogP contribution is -2.37. The Kier molecular flexibility index (Phi) is 4.78. The van der Waals surface area contributed by atoms with Gasteiger partial charge in [-0.2, -0.15) is 5.10 Å². The van der Waals surface area contributed by atoms with Crippen molar-refractivity contribution in [1.29, 1.82) is 0 Å². The lowest BCUT2D eigenvalue weighted by atomic mass is 10.1. The molecular formula is C14H26N4. The van der Waals surface area contributed by atoms with Crippen molar-refractivity contribution in [3.8, 4) is 0 Å². The standard InChI is InChI=1S/C14H26N4/c1-4-14-12(9-17(3)16-14)10-18(5-2)11-13-7-6-8-15-13/h9,13,15H,4-8,10-11H2,1-3H3. The Bertz CT molecular complexity index is 366. The number of aromatic nitrogens is 2. The molecule has 0 spiro atoms. The van der Waals surface area contributed by atoms with Crippen LogP contribution in [0.25, 0.3) is 0 Å². The minimum absolute atomic E-state index is 0.687. The van der Waals surface area contributed by atoms with E-state index in [2.05, 4.69) is 35.4 Å². The van der Waals surface area contributed by atoms with Gasteiger partial charge in [-0.3, -0.25) is 9.58 Å². The van der Waals surface area contributed by atoms with E-state index in [-0.39, 0.29) is 0 Å². The van der Waals surface area contributed by atoms with Crippen LogP contribution in [0.4, 0.5) is 0 Å². The maximum atomic E-state index is 4.52. The molecular weight excluding hydrogens is 224 g/mol. The molecule has 1 aliphatic rings. The van der Waals surface area contributed by atoms with Crippen LogP contribution in [0.5, 0.6) is 0 Å². The Morgan fingerprint density at radius 1 is 1.50 bits per heavy atom. The summed E-state index contributed by atoms with van der Waals surface area (Å²) in [5, 5.41) is 8.10. The van der Waals surface area contributed by atoms with Gasteiger partial charge in [0.1, 0.15) is 0 Å². The molecule has 1 aromatic rings. The van der Waals surface area contributed by atoms with Crippen LogP contribution in [0.1, 0.15) is 37.9 Å². The van der Waals surface area contributed by atoms with Gasteiger partial charge in [-0.15, -0.1) is 0 Å². The zero-order valence-electron chi connectivity index (χ0n) is 11.9. The molecule has 0 radical (unpaired) electrons. The highest BCUT2D eigenvalue weighted by atomic mass is 15.3. The van der Waals surface area contributed by atoms with Crippen LogP contribution >= 0.6 is 0 Å². The Labute approximate surface area is 110 Å². The number of likely N-dealkylation sites (N-methyl/N-ethyl adjacent to an activating group) is 1. The van der Waals surface area contributed by atoms with Crippen LogP contribution in [0.2, 0.25) is 0 Å². The van der Waals surface area contributed by atoms with Gasteiger partial charge in [0, 0.05) is 37.9 Å². The number of hydrogen-bond acceptors (Lipinski definition) is 3. The smallest absolute Gasteiger partial charge is 0.0666 e. The van der Waals surface area contributed by atoms with Crippen LogP contribution in [0.15, 0.2) is 6.20 Å². The molecule has 4 nitrogen and oxygen atoms in total. The monoisotopic (exact) mass is 250 g/mol. The average Bonchev–Trinajstić information content (AvgIpc) is 2.98.